The van der Waals surface area contributed by atoms with Crippen molar-refractivity contribution in [1.29, 1.82) is 0 Å². The van der Waals surface area contributed by atoms with Crippen LogP contribution in [0.2, 0.25) is 0 Å². The molecule has 1 saturated heterocycles. The Balaban J connectivity index is 1.59. The van der Waals surface area contributed by atoms with E-state index < -0.39 is 0 Å². The third-order valence-corrected chi connectivity index (χ3v) is 4.52. The SMILES string of the molecule is OCC1CCN(Cc2ccccc2NCc2cc[nH]c2)CC1. The summed E-state index contributed by atoms with van der Waals surface area (Å²) in [5.74, 6) is 0.498. The third kappa shape index (κ3) is 3.90. The van der Waals surface area contributed by atoms with Gasteiger partial charge < -0.3 is 15.4 Å². The van der Waals surface area contributed by atoms with Gasteiger partial charge in [-0.05, 0) is 55.1 Å². The Morgan fingerprint density at radius 1 is 1.18 bits per heavy atom. The Kier molecular flexibility index (Phi) is 5.14. The van der Waals surface area contributed by atoms with Crippen molar-refractivity contribution in [3.05, 3.63) is 53.9 Å². The second-order valence-corrected chi connectivity index (χ2v) is 6.13. The monoisotopic (exact) mass is 299 g/mol. The van der Waals surface area contributed by atoms with Crippen LogP contribution in [0.3, 0.4) is 0 Å². The number of aromatic nitrogens is 1. The van der Waals surface area contributed by atoms with E-state index in [1.54, 1.807) is 0 Å². The number of piperidine rings is 1. The van der Waals surface area contributed by atoms with Crippen molar-refractivity contribution in [2.24, 2.45) is 5.92 Å². The van der Waals surface area contributed by atoms with Crippen LogP contribution in [-0.4, -0.2) is 34.7 Å². The minimum atomic E-state index is 0.336. The quantitative estimate of drug-likeness (QED) is 0.769. The smallest absolute Gasteiger partial charge is 0.0460 e. The number of rotatable bonds is 6. The standard InChI is InChI=1S/C18H25N3O/c22-14-15-6-9-21(10-7-15)13-17-3-1-2-4-18(17)20-12-16-5-8-19-11-16/h1-5,8,11,15,19-20,22H,6-7,9-10,12-14H2. The number of aromatic amines is 1. The summed E-state index contributed by atoms with van der Waals surface area (Å²) in [7, 11) is 0. The van der Waals surface area contributed by atoms with Crippen molar-refractivity contribution in [1.82, 2.24) is 9.88 Å². The van der Waals surface area contributed by atoms with Gasteiger partial charge in [0, 0.05) is 37.8 Å². The van der Waals surface area contributed by atoms with Crippen LogP contribution in [0.1, 0.15) is 24.0 Å². The summed E-state index contributed by atoms with van der Waals surface area (Å²) in [6.07, 6.45) is 6.19. The lowest BCUT2D eigenvalue weighted by molar-refractivity contribution is 0.127. The number of H-pyrrole nitrogens is 1. The molecule has 1 aliphatic rings. The molecular formula is C18H25N3O. The van der Waals surface area contributed by atoms with Gasteiger partial charge in [0.2, 0.25) is 0 Å². The van der Waals surface area contributed by atoms with E-state index in [0.29, 0.717) is 12.5 Å². The molecule has 22 heavy (non-hydrogen) atoms. The average Bonchev–Trinajstić information content (AvgIpc) is 3.08. The van der Waals surface area contributed by atoms with E-state index in [0.717, 1.165) is 39.0 Å². The van der Waals surface area contributed by atoms with E-state index in [2.05, 4.69) is 45.5 Å². The first-order chi connectivity index (χ1) is 10.8. The molecule has 0 radical (unpaired) electrons. The zero-order valence-corrected chi connectivity index (χ0v) is 13.0. The molecule has 118 valence electrons. The van der Waals surface area contributed by atoms with Gasteiger partial charge in [-0.3, -0.25) is 4.90 Å². The largest absolute Gasteiger partial charge is 0.396 e. The van der Waals surface area contributed by atoms with Gasteiger partial charge in [0.05, 0.1) is 0 Å². The lowest BCUT2D eigenvalue weighted by Crippen LogP contribution is -2.34. The lowest BCUT2D eigenvalue weighted by atomic mass is 9.97. The second-order valence-electron chi connectivity index (χ2n) is 6.13. The molecule has 4 nitrogen and oxygen atoms in total. The third-order valence-electron chi connectivity index (χ3n) is 4.52. The van der Waals surface area contributed by atoms with E-state index in [-0.39, 0.29) is 0 Å². The molecule has 0 amide bonds. The molecule has 2 aromatic rings. The van der Waals surface area contributed by atoms with Crippen molar-refractivity contribution < 1.29 is 5.11 Å². The molecule has 3 N–H and O–H groups in total. The first kappa shape index (κ1) is 15.1. The Labute approximate surface area is 132 Å². The van der Waals surface area contributed by atoms with E-state index in [1.807, 2.05) is 12.4 Å². The molecule has 3 rings (SSSR count). The number of aliphatic hydroxyl groups excluding tert-OH is 1. The molecule has 4 heteroatoms. The number of nitrogens with zero attached hydrogens (tertiary/aromatic N) is 1. The summed E-state index contributed by atoms with van der Waals surface area (Å²) < 4.78 is 0. The first-order valence-electron chi connectivity index (χ1n) is 8.12. The van der Waals surface area contributed by atoms with Crippen LogP contribution in [0.15, 0.2) is 42.7 Å². The molecule has 1 aliphatic heterocycles. The van der Waals surface area contributed by atoms with Crippen molar-refractivity contribution in [3.63, 3.8) is 0 Å². The maximum atomic E-state index is 9.24. The summed E-state index contributed by atoms with van der Waals surface area (Å²) in [6, 6.07) is 10.6. The van der Waals surface area contributed by atoms with Gasteiger partial charge >= 0.3 is 0 Å². The molecule has 0 bridgehead atoms. The number of nitrogens with one attached hydrogen (secondary N) is 2. The number of likely N-dealkylation sites (tertiary alicyclic amines) is 1. The molecule has 0 aliphatic carbocycles. The molecule has 2 heterocycles. The molecule has 0 saturated carbocycles. The Bertz CT molecular complexity index is 559. The summed E-state index contributed by atoms with van der Waals surface area (Å²) in [5.41, 5.74) is 3.83. The maximum absolute atomic E-state index is 9.24. The van der Waals surface area contributed by atoms with Gasteiger partial charge in [-0.1, -0.05) is 18.2 Å². The number of benzene rings is 1. The van der Waals surface area contributed by atoms with Crippen LogP contribution in [0, 0.1) is 5.92 Å². The number of aliphatic hydroxyl groups is 1. The van der Waals surface area contributed by atoms with E-state index in [4.69, 9.17) is 0 Å². The van der Waals surface area contributed by atoms with Crippen LogP contribution in [0.25, 0.3) is 0 Å². The van der Waals surface area contributed by atoms with Crippen LogP contribution in [0.4, 0.5) is 5.69 Å². The second kappa shape index (κ2) is 7.47. The van der Waals surface area contributed by atoms with Gasteiger partial charge in [0.25, 0.3) is 0 Å². The highest BCUT2D eigenvalue weighted by Gasteiger charge is 2.19. The molecule has 1 aromatic heterocycles. The van der Waals surface area contributed by atoms with Gasteiger partial charge in [-0.2, -0.15) is 0 Å². The number of anilines is 1. The van der Waals surface area contributed by atoms with Gasteiger partial charge in [-0.15, -0.1) is 0 Å². The molecule has 1 fully saturated rings. The van der Waals surface area contributed by atoms with Crippen LogP contribution >= 0.6 is 0 Å². The lowest BCUT2D eigenvalue weighted by Gasteiger charge is -2.31. The van der Waals surface area contributed by atoms with Crippen molar-refractivity contribution in [2.45, 2.75) is 25.9 Å². The van der Waals surface area contributed by atoms with E-state index in [1.165, 1.54) is 16.8 Å². The molecule has 0 spiro atoms. The first-order valence-corrected chi connectivity index (χ1v) is 8.12. The highest BCUT2D eigenvalue weighted by Crippen LogP contribution is 2.22. The van der Waals surface area contributed by atoms with Gasteiger partial charge in [-0.25, -0.2) is 0 Å². The highest BCUT2D eigenvalue weighted by atomic mass is 16.3. The molecule has 0 atom stereocenters. The topological polar surface area (TPSA) is 51.3 Å². The number of para-hydroxylation sites is 1. The zero-order valence-electron chi connectivity index (χ0n) is 13.0. The van der Waals surface area contributed by atoms with Crippen LogP contribution in [-0.2, 0) is 13.1 Å². The summed E-state index contributed by atoms with van der Waals surface area (Å²) in [5, 5.41) is 12.8. The normalized spacial score (nSPS) is 16.8. The van der Waals surface area contributed by atoms with Crippen molar-refractivity contribution >= 4 is 5.69 Å². The predicted octanol–water partition coefficient (Wildman–Crippen LogP) is 2.83. The summed E-state index contributed by atoms with van der Waals surface area (Å²) in [6.45, 7) is 4.32. The Morgan fingerprint density at radius 2 is 2.00 bits per heavy atom. The minimum absolute atomic E-state index is 0.336. The van der Waals surface area contributed by atoms with E-state index >= 15 is 0 Å². The number of hydrogen-bond acceptors (Lipinski definition) is 3. The van der Waals surface area contributed by atoms with Gasteiger partial charge in [0.15, 0.2) is 0 Å². The van der Waals surface area contributed by atoms with Gasteiger partial charge in [0.1, 0.15) is 0 Å². The highest BCUT2D eigenvalue weighted by molar-refractivity contribution is 5.51. The minimum Gasteiger partial charge on any atom is -0.396 e. The van der Waals surface area contributed by atoms with Crippen molar-refractivity contribution in [3.8, 4) is 0 Å². The molecular weight excluding hydrogens is 274 g/mol. The van der Waals surface area contributed by atoms with Crippen LogP contribution in [0.5, 0.6) is 0 Å². The predicted molar refractivity (Wildman–Crippen MR) is 89.6 cm³/mol. The van der Waals surface area contributed by atoms with E-state index in [9.17, 15) is 5.11 Å². The zero-order chi connectivity index (χ0) is 15.2. The van der Waals surface area contributed by atoms with Crippen LogP contribution < -0.4 is 5.32 Å². The fourth-order valence-corrected chi connectivity index (χ4v) is 3.06. The summed E-state index contributed by atoms with van der Waals surface area (Å²) >= 11 is 0. The number of hydrogen-bond donors (Lipinski definition) is 3. The fraction of sp³-hybridized carbons (Fsp3) is 0.444. The maximum Gasteiger partial charge on any atom is 0.0460 e. The Morgan fingerprint density at radius 3 is 2.73 bits per heavy atom. The van der Waals surface area contributed by atoms with Crippen molar-refractivity contribution in [2.75, 3.05) is 25.0 Å². The fourth-order valence-electron chi connectivity index (χ4n) is 3.06. The average molecular weight is 299 g/mol. The molecule has 0 unspecified atom stereocenters. The molecule has 1 aromatic carbocycles. The summed E-state index contributed by atoms with van der Waals surface area (Å²) in [4.78, 5) is 5.58. The Hall–Kier alpha value is -1.78.